The standard InChI is InChI=1S/C14H29O2.Li/c1-5-8-13(3)11-14(4)9-7-10-16-12-15-6-2;/h5,13-14H,6-12H2,1-4H3;. The van der Waals surface area contributed by atoms with Crippen LogP contribution in [0.25, 0.3) is 0 Å². The van der Waals surface area contributed by atoms with Crippen LogP contribution in [0.4, 0.5) is 0 Å². The summed E-state index contributed by atoms with van der Waals surface area (Å²) in [5.74, 6) is 1.67. The van der Waals surface area contributed by atoms with Gasteiger partial charge in [-0.3, -0.25) is 0 Å². The first-order chi connectivity index (χ1) is 8.06. The second-order valence-corrected chi connectivity index (χ2v) is 5.74. The van der Waals surface area contributed by atoms with Crippen LogP contribution in [0.3, 0.4) is 0 Å². The van der Waals surface area contributed by atoms with E-state index >= 15 is 0 Å². The minimum absolute atomic E-state index is 0.453. The molecule has 2 nitrogen and oxygen atoms in total. The Kier molecular flexibility index (Phi) is 12.0. The molecule has 0 aromatic carbocycles. The predicted octanol–water partition coefficient (Wildman–Crippen LogP) is 3.81. The van der Waals surface area contributed by atoms with Gasteiger partial charge >= 0.3 is 110 Å². The topological polar surface area (TPSA) is 18.5 Å². The van der Waals surface area contributed by atoms with Gasteiger partial charge < -0.3 is 0 Å². The summed E-state index contributed by atoms with van der Waals surface area (Å²) in [6.45, 7) is 11.1. The summed E-state index contributed by atoms with van der Waals surface area (Å²) in [7, 11) is 0. The van der Waals surface area contributed by atoms with Crippen LogP contribution >= 0.6 is 0 Å². The van der Waals surface area contributed by atoms with Gasteiger partial charge in [-0.1, -0.05) is 0 Å². The van der Waals surface area contributed by atoms with Crippen LogP contribution < -0.4 is 0 Å². The number of ether oxygens (including phenoxy) is 2. The van der Waals surface area contributed by atoms with Gasteiger partial charge in [-0.15, -0.1) is 0 Å². The van der Waals surface area contributed by atoms with Crippen LogP contribution in [0, 0.1) is 11.8 Å². The van der Waals surface area contributed by atoms with Crippen molar-refractivity contribution >= 4 is 17.7 Å². The Morgan fingerprint density at radius 2 is 1.71 bits per heavy atom. The fourth-order valence-corrected chi connectivity index (χ4v) is 2.44. The molecular weight excluding hydrogens is 207 g/mol. The molecule has 0 saturated carbocycles. The fourth-order valence-electron chi connectivity index (χ4n) is 2.44. The predicted molar refractivity (Wildman–Crippen MR) is 74.4 cm³/mol. The number of rotatable bonds is 11. The fraction of sp³-hybridized carbons (Fsp3) is 1.00. The maximum atomic E-state index is 5.37. The van der Waals surface area contributed by atoms with Gasteiger partial charge in [0, 0.05) is 0 Å². The minimum Gasteiger partial charge on any atom is -0.0415 e. The molecule has 0 saturated heterocycles. The zero-order valence-corrected chi connectivity index (χ0v) is 12.5. The van der Waals surface area contributed by atoms with Gasteiger partial charge in [0.25, 0.3) is 0 Å². The average Bonchev–Trinajstić information content (AvgIpc) is 2.21. The average molecular weight is 236 g/mol. The van der Waals surface area contributed by atoms with Crippen molar-refractivity contribution in [3.8, 4) is 0 Å². The zero-order chi connectivity index (χ0) is 13.1. The molecule has 0 spiro atoms. The van der Waals surface area contributed by atoms with Gasteiger partial charge in [0.2, 0.25) is 0 Å². The number of hydrogen-bond acceptors (Lipinski definition) is 2. The zero-order valence-electron chi connectivity index (χ0n) is 12.5. The Morgan fingerprint density at radius 3 is 2.29 bits per heavy atom. The van der Waals surface area contributed by atoms with E-state index in [0.29, 0.717) is 6.79 Å². The molecule has 0 aliphatic carbocycles. The Labute approximate surface area is 117 Å². The van der Waals surface area contributed by atoms with E-state index in [1.807, 2.05) is 6.92 Å². The van der Waals surface area contributed by atoms with E-state index in [1.54, 1.807) is 0 Å². The van der Waals surface area contributed by atoms with Crippen LogP contribution in [-0.4, -0.2) is 37.7 Å². The first kappa shape index (κ1) is 17.5. The Balaban J connectivity index is 3.36. The van der Waals surface area contributed by atoms with E-state index in [0.717, 1.165) is 36.1 Å². The van der Waals surface area contributed by atoms with Gasteiger partial charge in [-0.05, 0) is 6.92 Å². The van der Waals surface area contributed by atoms with Crippen LogP contribution in [0.15, 0.2) is 0 Å². The normalized spacial score (nSPS) is 16.8. The van der Waals surface area contributed by atoms with Crippen LogP contribution in [0.1, 0.15) is 53.4 Å². The van der Waals surface area contributed by atoms with Gasteiger partial charge in [0.15, 0.2) is 0 Å². The van der Waals surface area contributed by atoms with Crippen molar-refractivity contribution in [2.75, 3.05) is 20.0 Å². The molecule has 98 valence electrons. The molecule has 3 unspecified atom stereocenters. The SMILES string of the molecule is [Li][CH](C)CC(C)CC(C)CCCOCOCC. The minimum atomic E-state index is 0.453. The third kappa shape index (κ3) is 12.8. The molecule has 0 rings (SSSR count). The van der Waals surface area contributed by atoms with Crippen molar-refractivity contribution in [3.63, 3.8) is 0 Å². The molecule has 0 aliphatic rings. The van der Waals surface area contributed by atoms with E-state index in [2.05, 4.69) is 38.5 Å². The van der Waals surface area contributed by atoms with Crippen LogP contribution in [0.2, 0.25) is 4.59 Å². The molecule has 17 heavy (non-hydrogen) atoms. The Morgan fingerprint density at radius 1 is 1.00 bits per heavy atom. The van der Waals surface area contributed by atoms with Crippen molar-refractivity contribution in [1.82, 2.24) is 0 Å². The summed E-state index contributed by atoms with van der Waals surface area (Å²) in [6, 6.07) is 0. The molecule has 0 aliphatic heterocycles. The van der Waals surface area contributed by atoms with Gasteiger partial charge in [0.1, 0.15) is 0 Å². The summed E-state index contributed by atoms with van der Waals surface area (Å²) < 4.78 is 11.3. The summed E-state index contributed by atoms with van der Waals surface area (Å²) in [5, 5.41) is 0. The summed E-state index contributed by atoms with van der Waals surface area (Å²) in [4.78, 5) is 0. The molecule has 0 aromatic heterocycles. The van der Waals surface area contributed by atoms with Crippen molar-refractivity contribution < 1.29 is 9.47 Å². The van der Waals surface area contributed by atoms with Crippen molar-refractivity contribution in [2.24, 2.45) is 11.8 Å². The quantitative estimate of drug-likeness (QED) is 0.308. The molecule has 3 heteroatoms. The van der Waals surface area contributed by atoms with Crippen molar-refractivity contribution in [2.45, 2.75) is 58.0 Å². The van der Waals surface area contributed by atoms with E-state index < -0.39 is 0 Å². The molecule has 0 amide bonds. The third-order valence-electron chi connectivity index (χ3n) is 3.03. The van der Waals surface area contributed by atoms with Gasteiger partial charge in [0.05, 0.1) is 0 Å². The van der Waals surface area contributed by atoms with Crippen molar-refractivity contribution in [1.29, 1.82) is 0 Å². The van der Waals surface area contributed by atoms with E-state index in [-0.39, 0.29) is 0 Å². The van der Waals surface area contributed by atoms with E-state index in [1.165, 1.54) is 19.3 Å². The second-order valence-electron chi connectivity index (χ2n) is 5.74. The molecule has 0 radical (unpaired) electrons. The first-order valence-electron chi connectivity index (χ1n) is 7.21. The van der Waals surface area contributed by atoms with Gasteiger partial charge in [-0.2, -0.15) is 0 Å². The smallest absolute Gasteiger partial charge is 0.0415 e. The van der Waals surface area contributed by atoms with Gasteiger partial charge in [-0.25, -0.2) is 0 Å². The van der Waals surface area contributed by atoms with Crippen molar-refractivity contribution in [3.05, 3.63) is 0 Å². The Bertz CT molecular complexity index is 162. The van der Waals surface area contributed by atoms with E-state index in [4.69, 9.17) is 9.47 Å². The summed E-state index contributed by atoms with van der Waals surface area (Å²) >= 11 is 2.31. The Hall–Kier alpha value is 0.517. The van der Waals surface area contributed by atoms with E-state index in [9.17, 15) is 0 Å². The molecule has 0 N–H and O–H groups in total. The second kappa shape index (κ2) is 11.6. The number of hydrogen-bond donors (Lipinski definition) is 0. The molecule has 0 heterocycles. The maximum absolute atomic E-state index is 5.37. The molecule has 0 fully saturated rings. The monoisotopic (exact) mass is 236 g/mol. The first-order valence-corrected chi connectivity index (χ1v) is 7.21. The van der Waals surface area contributed by atoms with Crippen LogP contribution in [0.5, 0.6) is 0 Å². The third-order valence-corrected chi connectivity index (χ3v) is 3.03. The summed E-state index contributed by atoms with van der Waals surface area (Å²) in [5.41, 5.74) is 0. The molecule has 0 aromatic rings. The van der Waals surface area contributed by atoms with Crippen LogP contribution in [-0.2, 0) is 9.47 Å². The summed E-state index contributed by atoms with van der Waals surface area (Å²) in [6.07, 6.45) is 5.13. The molecular formula is C14H29LiO2. The molecule has 0 bridgehead atoms. The molecule has 3 atom stereocenters.